The quantitative estimate of drug-likeness (QED) is 0.548. The van der Waals surface area contributed by atoms with Gasteiger partial charge in [0.25, 0.3) is 5.91 Å². The number of benzene rings is 1. The van der Waals surface area contributed by atoms with E-state index >= 15 is 0 Å². The Bertz CT molecular complexity index is 1250. The van der Waals surface area contributed by atoms with Crippen molar-refractivity contribution in [1.82, 2.24) is 19.9 Å². The van der Waals surface area contributed by atoms with E-state index in [1.165, 1.54) is 5.56 Å². The molecule has 0 unspecified atom stereocenters. The maximum atomic E-state index is 12.7. The summed E-state index contributed by atoms with van der Waals surface area (Å²) < 4.78 is 7.51. The van der Waals surface area contributed by atoms with Crippen LogP contribution in [0.3, 0.4) is 0 Å². The average molecular weight is 442 g/mol. The zero-order valence-corrected chi connectivity index (χ0v) is 18.9. The van der Waals surface area contributed by atoms with Crippen molar-refractivity contribution in [2.75, 3.05) is 18.5 Å². The lowest BCUT2D eigenvalue weighted by Crippen LogP contribution is -2.13. The third kappa shape index (κ3) is 3.96. The standard InChI is InChI=1S/C26H27N5O2/c1-4-16(2)11-24-28-14-22(31(24)3)19-6-7-21(25-20(19)13-29-26(25)32)30-23-8-5-17(12-27-23)18-9-10-33-15-18/h4-8,11-12,14,18H,1,9-10,13,15H2,2-3H3,(H,27,30)(H,29,32)/b16-11-/t18-/m1/s1. The Morgan fingerprint density at radius 3 is 2.88 bits per heavy atom. The molecular formula is C26H27N5O2. The summed E-state index contributed by atoms with van der Waals surface area (Å²) in [5.74, 6) is 1.88. The summed E-state index contributed by atoms with van der Waals surface area (Å²) in [6, 6.07) is 8.02. The number of imidazole rings is 1. The van der Waals surface area contributed by atoms with Gasteiger partial charge in [0.1, 0.15) is 11.6 Å². The number of fused-ring (bicyclic) bond motifs is 1. The molecule has 1 fully saturated rings. The Morgan fingerprint density at radius 2 is 2.15 bits per heavy atom. The zero-order valence-electron chi connectivity index (χ0n) is 18.9. The number of rotatable bonds is 6. The van der Waals surface area contributed by atoms with Crippen molar-refractivity contribution >= 4 is 23.5 Å². The lowest BCUT2D eigenvalue weighted by atomic mass is 9.99. The highest BCUT2D eigenvalue weighted by Gasteiger charge is 2.27. The first kappa shape index (κ1) is 21.2. The van der Waals surface area contributed by atoms with Crippen molar-refractivity contribution in [3.8, 4) is 11.3 Å². The van der Waals surface area contributed by atoms with Gasteiger partial charge in [-0.3, -0.25) is 4.79 Å². The first-order valence-electron chi connectivity index (χ1n) is 11.1. The number of carbonyl (C=O) groups is 1. The molecule has 7 heteroatoms. The van der Waals surface area contributed by atoms with Crippen molar-refractivity contribution < 1.29 is 9.53 Å². The largest absolute Gasteiger partial charge is 0.381 e. The number of allylic oxidation sites excluding steroid dienone is 2. The van der Waals surface area contributed by atoms with E-state index in [1.54, 1.807) is 6.08 Å². The molecule has 5 rings (SSSR count). The SMILES string of the molecule is C=C/C(C)=C\c1ncc(-c2ccc(Nc3ccc([C@@H]4CCOC4)cn3)c3c2CNC3=O)n1C. The second-order valence-corrected chi connectivity index (χ2v) is 8.51. The Kier molecular flexibility index (Phi) is 5.56. The number of pyridine rings is 1. The Morgan fingerprint density at radius 1 is 1.27 bits per heavy atom. The van der Waals surface area contributed by atoms with Gasteiger partial charge >= 0.3 is 0 Å². The highest BCUT2D eigenvalue weighted by atomic mass is 16.5. The van der Waals surface area contributed by atoms with Crippen molar-refractivity contribution in [2.24, 2.45) is 7.05 Å². The monoisotopic (exact) mass is 441 g/mol. The number of amides is 1. The molecule has 2 aliphatic rings. The number of nitrogens with zero attached hydrogens (tertiary/aromatic N) is 3. The number of hydrogen-bond acceptors (Lipinski definition) is 5. The minimum Gasteiger partial charge on any atom is -0.381 e. The van der Waals surface area contributed by atoms with Crippen LogP contribution >= 0.6 is 0 Å². The Labute approximate surface area is 193 Å². The van der Waals surface area contributed by atoms with Crippen LogP contribution in [0, 0.1) is 0 Å². The van der Waals surface area contributed by atoms with Gasteiger partial charge in [0.2, 0.25) is 0 Å². The number of anilines is 2. The number of aromatic nitrogens is 3. The minimum atomic E-state index is -0.0844. The normalized spacial score (nSPS) is 17.7. The van der Waals surface area contributed by atoms with E-state index in [1.807, 2.05) is 55.2 Å². The second-order valence-electron chi connectivity index (χ2n) is 8.51. The molecule has 2 aromatic heterocycles. The van der Waals surface area contributed by atoms with E-state index in [0.717, 1.165) is 53.5 Å². The van der Waals surface area contributed by atoms with Gasteiger partial charge in [0.15, 0.2) is 0 Å². The highest BCUT2D eigenvalue weighted by molar-refractivity contribution is 6.06. The van der Waals surface area contributed by atoms with Crippen molar-refractivity contribution in [3.63, 3.8) is 0 Å². The predicted octanol–water partition coefficient (Wildman–Crippen LogP) is 4.56. The summed E-state index contributed by atoms with van der Waals surface area (Å²) in [5, 5.41) is 6.31. The van der Waals surface area contributed by atoms with Crippen molar-refractivity contribution in [2.45, 2.75) is 25.8 Å². The van der Waals surface area contributed by atoms with Gasteiger partial charge in [-0.2, -0.15) is 0 Å². The van der Waals surface area contributed by atoms with E-state index in [2.05, 4.69) is 33.2 Å². The lowest BCUT2D eigenvalue weighted by Gasteiger charge is -2.14. The van der Waals surface area contributed by atoms with Gasteiger partial charge in [-0.15, -0.1) is 0 Å². The molecule has 0 bridgehead atoms. The Hall–Kier alpha value is -3.71. The van der Waals surface area contributed by atoms with Crippen LogP contribution in [0.25, 0.3) is 17.3 Å². The van der Waals surface area contributed by atoms with Crippen LogP contribution in [0.2, 0.25) is 0 Å². The molecule has 0 saturated carbocycles. The summed E-state index contributed by atoms with van der Waals surface area (Å²) in [4.78, 5) is 21.9. The van der Waals surface area contributed by atoms with Gasteiger partial charge in [-0.1, -0.05) is 24.8 Å². The van der Waals surface area contributed by atoms with Crippen molar-refractivity contribution in [1.29, 1.82) is 0 Å². The van der Waals surface area contributed by atoms with Gasteiger partial charge in [-0.05, 0) is 48.3 Å². The van der Waals surface area contributed by atoms with Crippen LogP contribution in [-0.4, -0.2) is 33.7 Å². The number of nitrogens with one attached hydrogen (secondary N) is 2. The number of hydrogen-bond donors (Lipinski definition) is 2. The third-order valence-electron chi connectivity index (χ3n) is 6.39. The maximum absolute atomic E-state index is 12.7. The highest BCUT2D eigenvalue weighted by Crippen LogP contribution is 2.35. The summed E-state index contributed by atoms with van der Waals surface area (Å²) in [6.45, 7) is 7.84. The second kappa shape index (κ2) is 8.67. The van der Waals surface area contributed by atoms with Crippen LogP contribution in [-0.2, 0) is 18.3 Å². The number of carbonyl (C=O) groups excluding carboxylic acids is 1. The van der Waals surface area contributed by atoms with E-state index in [-0.39, 0.29) is 5.91 Å². The number of ether oxygens (including phenoxy) is 1. The Balaban J connectivity index is 1.46. The van der Waals surface area contributed by atoms with Crippen LogP contribution in [0.5, 0.6) is 0 Å². The van der Waals surface area contributed by atoms with Crippen LogP contribution in [0.15, 0.2) is 54.9 Å². The molecule has 0 spiro atoms. The van der Waals surface area contributed by atoms with E-state index < -0.39 is 0 Å². The molecular weight excluding hydrogens is 414 g/mol. The predicted molar refractivity (Wildman–Crippen MR) is 129 cm³/mol. The smallest absolute Gasteiger partial charge is 0.254 e. The van der Waals surface area contributed by atoms with E-state index in [0.29, 0.717) is 23.8 Å². The van der Waals surface area contributed by atoms with Crippen molar-refractivity contribution in [3.05, 3.63) is 77.4 Å². The lowest BCUT2D eigenvalue weighted by molar-refractivity contribution is 0.0966. The topological polar surface area (TPSA) is 81.1 Å². The molecule has 33 heavy (non-hydrogen) atoms. The van der Waals surface area contributed by atoms with E-state index in [4.69, 9.17) is 4.74 Å². The minimum absolute atomic E-state index is 0.0844. The molecule has 4 heterocycles. The fourth-order valence-electron chi connectivity index (χ4n) is 4.42. The summed E-state index contributed by atoms with van der Waals surface area (Å²) in [5.41, 5.74) is 6.54. The van der Waals surface area contributed by atoms with Crippen LogP contribution in [0.1, 0.15) is 46.6 Å². The molecule has 3 aromatic rings. The molecule has 0 radical (unpaired) electrons. The first-order chi connectivity index (χ1) is 16.0. The van der Waals surface area contributed by atoms with Gasteiger partial charge in [-0.25, -0.2) is 9.97 Å². The molecule has 1 aromatic carbocycles. The van der Waals surface area contributed by atoms with Gasteiger partial charge in [0.05, 0.1) is 29.7 Å². The molecule has 1 amide bonds. The maximum Gasteiger partial charge on any atom is 0.254 e. The van der Waals surface area contributed by atoms with Crippen LogP contribution < -0.4 is 10.6 Å². The third-order valence-corrected chi connectivity index (χ3v) is 6.39. The first-order valence-corrected chi connectivity index (χ1v) is 11.1. The molecule has 1 atom stereocenters. The van der Waals surface area contributed by atoms with E-state index in [9.17, 15) is 4.79 Å². The van der Waals surface area contributed by atoms with Crippen LogP contribution in [0.4, 0.5) is 11.5 Å². The summed E-state index contributed by atoms with van der Waals surface area (Å²) in [7, 11) is 1.98. The molecule has 1 saturated heterocycles. The molecule has 7 nitrogen and oxygen atoms in total. The molecule has 2 aliphatic heterocycles. The molecule has 2 N–H and O–H groups in total. The zero-order chi connectivity index (χ0) is 22.9. The molecule has 0 aliphatic carbocycles. The summed E-state index contributed by atoms with van der Waals surface area (Å²) >= 11 is 0. The fraction of sp³-hybridized carbons (Fsp3) is 0.269. The summed E-state index contributed by atoms with van der Waals surface area (Å²) in [6.07, 6.45) is 8.57. The van der Waals surface area contributed by atoms with Gasteiger partial charge in [0, 0.05) is 37.9 Å². The fourth-order valence-corrected chi connectivity index (χ4v) is 4.42. The van der Waals surface area contributed by atoms with Gasteiger partial charge < -0.3 is 19.9 Å². The average Bonchev–Trinajstić information content (AvgIpc) is 3.57. The molecule has 168 valence electrons.